The van der Waals surface area contributed by atoms with Crippen LogP contribution in [0.1, 0.15) is 70.5 Å². The minimum absolute atomic E-state index is 0.0462. The second-order valence-electron chi connectivity index (χ2n) is 14.8. The van der Waals surface area contributed by atoms with E-state index in [0.29, 0.717) is 72.6 Å². The summed E-state index contributed by atoms with van der Waals surface area (Å²) in [5, 5.41) is 5.97. The molecule has 0 aliphatic carbocycles. The molecule has 2 saturated heterocycles. The molecule has 6 aromatic rings. The Labute approximate surface area is 332 Å². The molecule has 9 rings (SSSR count). The summed E-state index contributed by atoms with van der Waals surface area (Å²) < 4.78 is 21.0. The number of aryl methyl sites for hydroxylation is 3. The maximum absolute atomic E-state index is 13.1. The van der Waals surface area contributed by atoms with Gasteiger partial charge in [0.2, 0.25) is 17.7 Å². The zero-order valence-corrected chi connectivity index (χ0v) is 32.3. The summed E-state index contributed by atoms with van der Waals surface area (Å²) >= 11 is 0. The van der Waals surface area contributed by atoms with Crippen LogP contribution in [0, 0.1) is 18.8 Å². The van der Waals surface area contributed by atoms with E-state index in [1.54, 1.807) is 47.6 Å². The summed E-state index contributed by atoms with van der Waals surface area (Å²) in [5.74, 6) is 5.95. The lowest BCUT2D eigenvalue weighted by Gasteiger charge is -2.31. The van der Waals surface area contributed by atoms with Gasteiger partial charge in [0.15, 0.2) is 11.6 Å². The number of amides is 3. The number of piperidine rings is 1. The fraction of sp³-hybridized carbons (Fsp3) is 0.326. The molecule has 3 amide bonds. The number of ether oxygens (including phenoxy) is 2. The number of imide groups is 1. The molecule has 294 valence electrons. The van der Waals surface area contributed by atoms with Crippen molar-refractivity contribution < 1.29 is 28.3 Å². The zero-order valence-electron chi connectivity index (χ0n) is 32.3. The van der Waals surface area contributed by atoms with Gasteiger partial charge in [-0.05, 0) is 79.0 Å². The van der Waals surface area contributed by atoms with Crippen molar-refractivity contribution in [2.75, 3.05) is 37.8 Å². The van der Waals surface area contributed by atoms with Crippen LogP contribution in [0.3, 0.4) is 0 Å². The van der Waals surface area contributed by atoms with Crippen molar-refractivity contribution in [3.8, 4) is 29.1 Å². The smallest absolute Gasteiger partial charge is 0.328 e. The molecule has 0 bridgehead atoms. The van der Waals surface area contributed by atoms with E-state index in [1.807, 2.05) is 31.3 Å². The van der Waals surface area contributed by atoms with Gasteiger partial charge in [0, 0.05) is 62.6 Å². The summed E-state index contributed by atoms with van der Waals surface area (Å²) in [6.45, 7) is 4.20. The Bertz CT molecular complexity index is 2780. The topological polar surface area (TPSA) is 176 Å². The molecular weight excluding hydrogens is 741 g/mol. The number of pyridine rings is 1. The first kappa shape index (κ1) is 36.8. The Morgan fingerprint density at radius 1 is 0.983 bits per heavy atom. The summed E-state index contributed by atoms with van der Waals surface area (Å²) in [4.78, 5) is 66.4. The normalized spacial score (nSPS) is 17.1. The first-order valence-corrected chi connectivity index (χ1v) is 19.3. The highest BCUT2D eigenvalue weighted by molar-refractivity contribution is 6.03. The summed E-state index contributed by atoms with van der Waals surface area (Å²) in [7, 11) is 3.63. The largest absolute Gasteiger partial charge is 0.474 e. The third kappa shape index (κ3) is 6.64. The molecule has 1 atom stereocenters. The minimum Gasteiger partial charge on any atom is -0.474 e. The van der Waals surface area contributed by atoms with Crippen molar-refractivity contribution in [3.05, 3.63) is 93.5 Å². The van der Waals surface area contributed by atoms with Gasteiger partial charge in [-0.2, -0.15) is 4.98 Å². The van der Waals surface area contributed by atoms with E-state index in [4.69, 9.17) is 23.9 Å². The van der Waals surface area contributed by atoms with Gasteiger partial charge in [-0.3, -0.25) is 33.8 Å². The highest BCUT2D eigenvalue weighted by Gasteiger charge is 2.30. The molecule has 7 heterocycles. The Morgan fingerprint density at radius 3 is 2.64 bits per heavy atom. The summed E-state index contributed by atoms with van der Waals surface area (Å²) in [6.07, 6.45) is 5.79. The Hall–Kier alpha value is -6.79. The molecule has 1 unspecified atom stereocenters. The van der Waals surface area contributed by atoms with Gasteiger partial charge >= 0.3 is 5.69 Å². The standard InChI is InChI=1S/C43H40N8O7/c1-24-18-26(22-45-37(24)41(54)44-13-5-6-28-21-32-29(7-4-8-35(32)58-28)30-9-10-36(52)47-40(30)53)39-46-23-34-42(48-39)57-17-14-51(34)27-19-31(25-11-15-56-16-12-25)38-33(20-27)49(2)43(55)50(38)3/h4,7-8,18-23,25,30H,9-17H2,1-3H3,(H,44,54)(H,47,52,53). The van der Waals surface area contributed by atoms with Crippen LogP contribution in [0.2, 0.25) is 0 Å². The number of imidazole rings is 1. The Morgan fingerprint density at radius 2 is 1.83 bits per heavy atom. The van der Waals surface area contributed by atoms with Gasteiger partial charge in [-0.15, -0.1) is 0 Å². The first-order chi connectivity index (χ1) is 28.1. The van der Waals surface area contributed by atoms with Crippen LogP contribution in [0.5, 0.6) is 5.88 Å². The van der Waals surface area contributed by atoms with E-state index in [9.17, 15) is 19.2 Å². The number of furan rings is 1. The maximum Gasteiger partial charge on any atom is 0.328 e. The number of carbonyl (C=O) groups excluding carboxylic acids is 3. The number of fused-ring (bicyclic) bond motifs is 3. The third-order valence-corrected chi connectivity index (χ3v) is 11.2. The number of rotatable bonds is 6. The second kappa shape index (κ2) is 14.9. The number of carbonyl (C=O) groups is 3. The monoisotopic (exact) mass is 780 g/mol. The van der Waals surface area contributed by atoms with E-state index in [2.05, 4.69) is 38.4 Å². The van der Waals surface area contributed by atoms with Crippen molar-refractivity contribution >= 4 is 51.1 Å². The van der Waals surface area contributed by atoms with Crippen LogP contribution in [0.15, 0.2) is 64.1 Å². The number of benzene rings is 2. The lowest BCUT2D eigenvalue weighted by molar-refractivity contribution is -0.134. The number of aromatic nitrogens is 5. The lowest BCUT2D eigenvalue weighted by atomic mass is 9.88. The highest BCUT2D eigenvalue weighted by Crippen LogP contribution is 2.41. The molecule has 2 aromatic carbocycles. The highest BCUT2D eigenvalue weighted by atomic mass is 16.5. The fourth-order valence-corrected chi connectivity index (χ4v) is 8.27. The van der Waals surface area contributed by atoms with Gasteiger partial charge in [0.05, 0.1) is 36.2 Å². The molecular formula is C43H40N8O7. The predicted octanol–water partition coefficient (Wildman–Crippen LogP) is 4.51. The molecule has 4 aromatic heterocycles. The molecule has 3 aliphatic heterocycles. The summed E-state index contributed by atoms with van der Waals surface area (Å²) in [5.41, 5.74) is 7.39. The second-order valence-corrected chi connectivity index (χ2v) is 14.8. The number of anilines is 2. The SMILES string of the molecule is Cc1cc(-c2ncc3c(n2)OCCN3c2cc(C3CCOCC3)c3c(c2)n(C)c(=O)n3C)cnc1C(=O)NCC#Cc1cc2c(C3CCC(=O)NC3=O)cccc2o1. The van der Waals surface area contributed by atoms with Crippen LogP contribution in [-0.2, 0) is 28.4 Å². The maximum atomic E-state index is 13.1. The molecule has 0 saturated carbocycles. The number of nitrogens with zero attached hydrogens (tertiary/aromatic N) is 6. The molecule has 0 radical (unpaired) electrons. The molecule has 0 spiro atoms. The zero-order chi connectivity index (χ0) is 40.1. The fourth-order valence-electron chi connectivity index (χ4n) is 8.27. The van der Waals surface area contributed by atoms with Crippen molar-refractivity contribution in [2.45, 2.75) is 44.4 Å². The quantitative estimate of drug-likeness (QED) is 0.180. The van der Waals surface area contributed by atoms with Crippen molar-refractivity contribution in [2.24, 2.45) is 14.1 Å². The molecule has 58 heavy (non-hydrogen) atoms. The third-order valence-electron chi connectivity index (χ3n) is 11.2. The van der Waals surface area contributed by atoms with Crippen LogP contribution in [0.25, 0.3) is 33.4 Å². The van der Waals surface area contributed by atoms with Crippen LogP contribution in [-0.4, -0.2) is 74.7 Å². The van der Waals surface area contributed by atoms with Gasteiger partial charge < -0.3 is 24.1 Å². The van der Waals surface area contributed by atoms with E-state index in [0.717, 1.165) is 46.1 Å². The number of nitrogens with one attached hydrogen (secondary N) is 2. The summed E-state index contributed by atoms with van der Waals surface area (Å²) in [6, 6.07) is 13.3. The first-order valence-electron chi connectivity index (χ1n) is 19.3. The van der Waals surface area contributed by atoms with E-state index in [1.165, 1.54) is 0 Å². The minimum atomic E-state index is -0.449. The van der Waals surface area contributed by atoms with Crippen LogP contribution in [0.4, 0.5) is 11.4 Å². The predicted molar refractivity (Wildman–Crippen MR) is 214 cm³/mol. The number of hydrogen-bond acceptors (Lipinski definition) is 11. The van der Waals surface area contributed by atoms with Crippen molar-refractivity contribution in [3.63, 3.8) is 0 Å². The number of hydrogen-bond donors (Lipinski definition) is 2. The molecule has 2 fully saturated rings. The molecule has 2 N–H and O–H groups in total. The molecule has 15 heteroatoms. The van der Waals surface area contributed by atoms with E-state index < -0.39 is 5.92 Å². The van der Waals surface area contributed by atoms with Crippen LogP contribution >= 0.6 is 0 Å². The van der Waals surface area contributed by atoms with Gasteiger partial charge in [0.25, 0.3) is 5.91 Å². The lowest BCUT2D eigenvalue weighted by Crippen LogP contribution is -2.39. The molecule has 15 nitrogen and oxygen atoms in total. The van der Waals surface area contributed by atoms with Crippen LogP contribution < -0.4 is 26.0 Å². The Kier molecular flexibility index (Phi) is 9.49. The average Bonchev–Trinajstić information content (AvgIpc) is 3.76. The average molecular weight is 781 g/mol. The Balaban J connectivity index is 0.903. The van der Waals surface area contributed by atoms with E-state index >= 15 is 0 Å². The van der Waals surface area contributed by atoms with Crippen molar-refractivity contribution in [1.82, 2.24) is 34.7 Å². The van der Waals surface area contributed by atoms with Gasteiger partial charge in [-0.25, -0.2) is 9.78 Å². The van der Waals surface area contributed by atoms with Gasteiger partial charge in [0.1, 0.15) is 23.6 Å². The van der Waals surface area contributed by atoms with Crippen molar-refractivity contribution in [1.29, 1.82) is 0 Å². The molecule has 3 aliphatic rings. The van der Waals surface area contributed by atoms with Gasteiger partial charge in [-0.1, -0.05) is 18.1 Å². The van der Waals surface area contributed by atoms with E-state index in [-0.39, 0.29) is 48.0 Å².